The van der Waals surface area contributed by atoms with Crippen molar-refractivity contribution < 1.29 is 9.59 Å². The molecule has 2 amide bonds. The Morgan fingerprint density at radius 3 is 2.61 bits per heavy atom. The second-order valence-corrected chi connectivity index (χ2v) is 5.46. The summed E-state index contributed by atoms with van der Waals surface area (Å²) < 4.78 is 3.84. The van der Waals surface area contributed by atoms with Crippen molar-refractivity contribution in [2.45, 2.75) is 25.8 Å². The Balaban J connectivity index is 1.81. The van der Waals surface area contributed by atoms with Crippen molar-refractivity contribution in [1.82, 2.24) is 14.5 Å². The molecule has 1 aliphatic carbocycles. The number of nitrogens with one attached hydrogen (secondary N) is 1. The first-order valence-corrected chi connectivity index (χ1v) is 6.84. The van der Waals surface area contributed by atoms with Crippen LogP contribution in [0.15, 0.2) is 0 Å². The summed E-state index contributed by atoms with van der Waals surface area (Å²) in [4.78, 5) is 25.7. The van der Waals surface area contributed by atoms with Crippen molar-refractivity contribution in [1.29, 1.82) is 0 Å². The van der Waals surface area contributed by atoms with Crippen molar-refractivity contribution in [3.8, 4) is 0 Å². The van der Waals surface area contributed by atoms with Gasteiger partial charge in [0.05, 0.1) is 18.4 Å². The zero-order chi connectivity index (χ0) is 12.7. The third kappa shape index (κ3) is 1.61. The van der Waals surface area contributed by atoms with Crippen LogP contribution < -0.4 is 5.32 Å². The van der Waals surface area contributed by atoms with E-state index in [-0.39, 0.29) is 30.2 Å². The first kappa shape index (κ1) is 11.6. The zero-order valence-corrected chi connectivity index (χ0v) is 10.9. The van der Waals surface area contributed by atoms with Gasteiger partial charge in [-0.05, 0) is 12.8 Å². The van der Waals surface area contributed by atoms with Crippen molar-refractivity contribution in [2.75, 3.05) is 12.4 Å². The molecule has 1 saturated heterocycles. The number of anilines is 1. The van der Waals surface area contributed by atoms with Crippen molar-refractivity contribution in [2.24, 2.45) is 11.8 Å². The van der Waals surface area contributed by atoms with Crippen LogP contribution in [0.4, 0.5) is 5.00 Å². The fraction of sp³-hybridized carbons (Fsp3) is 0.636. The van der Waals surface area contributed by atoms with E-state index in [2.05, 4.69) is 14.9 Å². The summed E-state index contributed by atoms with van der Waals surface area (Å²) in [5, 5.41) is 7.76. The van der Waals surface area contributed by atoms with E-state index >= 15 is 0 Å². The van der Waals surface area contributed by atoms with Gasteiger partial charge in [0.15, 0.2) is 0 Å². The molecule has 18 heavy (non-hydrogen) atoms. The summed E-state index contributed by atoms with van der Waals surface area (Å²) in [7, 11) is 1.78. The number of hydrogen-bond donors (Lipinski definition) is 1. The van der Waals surface area contributed by atoms with E-state index in [9.17, 15) is 9.59 Å². The number of likely N-dealkylation sites (tertiary alicyclic amines) is 1. The number of hydrogen-bond acceptors (Lipinski definition) is 6. The average Bonchev–Trinajstić information content (AvgIpc) is 3.05. The highest BCUT2D eigenvalue weighted by molar-refractivity contribution is 7.10. The number of carbonyl (C=O) groups is 2. The van der Waals surface area contributed by atoms with Crippen LogP contribution in [0.25, 0.3) is 0 Å². The van der Waals surface area contributed by atoms with Crippen molar-refractivity contribution >= 4 is 28.3 Å². The molecule has 2 heterocycles. The first-order valence-electron chi connectivity index (χ1n) is 6.06. The van der Waals surface area contributed by atoms with Crippen LogP contribution >= 0.6 is 11.5 Å². The Morgan fingerprint density at radius 2 is 2.00 bits per heavy atom. The molecule has 96 valence electrons. The Morgan fingerprint density at radius 1 is 1.33 bits per heavy atom. The minimum Gasteiger partial charge on any atom is -0.377 e. The first-order chi connectivity index (χ1) is 8.72. The average molecular weight is 266 g/mol. The monoisotopic (exact) mass is 266 g/mol. The van der Waals surface area contributed by atoms with Crippen molar-refractivity contribution in [3.05, 3.63) is 5.69 Å². The maximum absolute atomic E-state index is 12.2. The highest BCUT2D eigenvalue weighted by atomic mass is 32.1. The van der Waals surface area contributed by atoms with Gasteiger partial charge < -0.3 is 5.32 Å². The van der Waals surface area contributed by atoms with Gasteiger partial charge in [0, 0.05) is 18.6 Å². The van der Waals surface area contributed by atoms with Crippen LogP contribution in [-0.4, -0.2) is 33.3 Å². The lowest BCUT2D eigenvalue weighted by atomic mass is 10.00. The summed E-state index contributed by atoms with van der Waals surface area (Å²) in [5.74, 6) is -0.223. The lowest BCUT2D eigenvalue weighted by Crippen LogP contribution is -2.31. The highest BCUT2D eigenvalue weighted by Gasteiger charge is 2.49. The molecule has 0 radical (unpaired) electrons. The quantitative estimate of drug-likeness (QED) is 0.821. The SMILES string of the molecule is CNc1snnc1CN1C(=O)C2CCCC2C1=O. The van der Waals surface area contributed by atoms with Gasteiger partial charge in [0.2, 0.25) is 11.8 Å². The molecule has 7 heteroatoms. The Labute approximate surface area is 109 Å². The molecule has 1 aromatic heterocycles. The lowest BCUT2D eigenvalue weighted by Gasteiger charge is -2.14. The Kier molecular flexibility index (Phi) is 2.77. The minimum absolute atomic E-state index is 0.0300. The van der Waals surface area contributed by atoms with Crippen LogP contribution in [0.5, 0.6) is 0 Å². The topological polar surface area (TPSA) is 75.2 Å². The minimum atomic E-state index is -0.0814. The molecule has 0 bridgehead atoms. The predicted molar refractivity (Wildman–Crippen MR) is 65.8 cm³/mol. The van der Waals surface area contributed by atoms with E-state index in [1.807, 2.05) is 0 Å². The van der Waals surface area contributed by atoms with Gasteiger partial charge in [0.1, 0.15) is 10.7 Å². The molecule has 3 rings (SSSR count). The molecule has 2 aliphatic rings. The second kappa shape index (κ2) is 4.31. The number of imide groups is 1. The normalized spacial score (nSPS) is 26.8. The molecule has 1 aromatic rings. The van der Waals surface area contributed by atoms with E-state index in [4.69, 9.17) is 0 Å². The molecule has 1 aliphatic heterocycles. The molecule has 0 spiro atoms. The molecule has 2 fully saturated rings. The maximum atomic E-state index is 12.2. The maximum Gasteiger partial charge on any atom is 0.233 e. The van der Waals surface area contributed by atoms with Crippen LogP contribution in [0, 0.1) is 11.8 Å². The van der Waals surface area contributed by atoms with E-state index in [1.165, 1.54) is 16.4 Å². The van der Waals surface area contributed by atoms with E-state index in [0.717, 1.165) is 24.3 Å². The summed E-state index contributed by atoms with van der Waals surface area (Å²) in [6.45, 7) is 0.247. The van der Waals surface area contributed by atoms with Gasteiger partial charge in [-0.1, -0.05) is 10.9 Å². The third-order valence-electron chi connectivity index (χ3n) is 3.77. The van der Waals surface area contributed by atoms with Crippen LogP contribution in [0.2, 0.25) is 0 Å². The molecule has 1 N–H and O–H groups in total. The Bertz CT molecular complexity index is 479. The van der Waals surface area contributed by atoms with E-state index < -0.39 is 0 Å². The molecule has 1 saturated carbocycles. The van der Waals surface area contributed by atoms with Gasteiger partial charge in [-0.3, -0.25) is 14.5 Å². The number of rotatable bonds is 3. The number of carbonyl (C=O) groups excluding carboxylic acids is 2. The zero-order valence-electron chi connectivity index (χ0n) is 10.0. The van der Waals surface area contributed by atoms with Crippen LogP contribution in [0.3, 0.4) is 0 Å². The fourth-order valence-electron chi connectivity index (χ4n) is 2.87. The molecule has 6 nitrogen and oxygen atoms in total. The van der Waals surface area contributed by atoms with Gasteiger partial charge in [-0.15, -0.1) is 5.10 Å². The number of nitrogens with zero attached hydrogens (tertiary/aromatic N) is 3. The summed E-state index contributed by atoms with van der Waals surface area (Å²) in [5.41, 5.74) is 0.671. The van der Waals surface area contributed by atoms with Gasteiger partial charge in [-0.2, -0.15) is 0 Å². The number of aromatic nitrogens is 2. The van der Waals surface area contributed by atoms with Crippen LogP contribution in [-0.2, 0) is 16.1 Å². The molecule has 2 unspecified atom stereocenters. The number of amides is 2. The fourth-order valence-corrected chi connectivity index (χ4v) is 3.39. The van der Waals surface area contributed by atoms with Crippen molar-refractivity contribution in [3.63, 3.8) is 0 Å². The highest BCUT2D eigenvalue weighted by Crippen LogP contribution is 2.40. The second-order valence-electron chi connectivity index (χ2n) is 4.71. The van der Waals surface area contributed by atoms with Gasteiger partial charge in [0.25, 0.3) is 0 Å². The summed E-state index contributed by atoms with van der Waals surface area (Å²) in [6, 6.07) is 0. The Hall–Kier alpha value is -1.50. The molecule has 0 aromatic carbocycles. The van der Waals surface area contributed by atoms with E-state index in [0.29, 0.717) is 5.69 Å². The standard InChI is InChI=1S/C11H14N4O2S/c1-12-9-8(13-14-18-9)5-15-10(16)6-3-2-4-7(6)11(15)17/h6-7,12H,2-5H2,1H3. The molecule has 2 atom stereocenters. The molecular weight excluding hydrogens is 252 g/mol. The van der Waals surface area contributed by atoms with Crippen LogP contribution in [0.1, 0.15) is 25.0 Å². The smallest absolute Gasteiger partial charge is 0.233 e. The third-order valence-corrected chi connectivity index (χ3v) is 4.56. The largest absolute Gasteiger partial charge is 0.377 e. The summed E-state index contributed by atoms with van der Waals surface area (Å²) in [6.07, 6.45) is 2.68. The lowest BCUT2D eigenvalue weighted by molar-refractivity contribution is -0.141. The van der Waals surface area contributed by atoms with Gasteiger partial charge >= 0.3 is 0 Å². The van der Waals surface area contributed by atoms with E-state index in [1.54, 1.807) is 7.05 Å². The number of fused-ring (bicyclic) bond motifs is 1. The summed E-state index contributed by atoms with van der Waals surface area (Å²) >= 11 is 1.24. The predicted octanol–water partition coefficient (Wildman–Crippen LogP) is 0.865. The molecular formula is C11H14N4O2S. The van der Waals surface area contributed by atoms with Gasteiger partial charge in [-0.25, -0.2) is 0 Å².